The third-order valence-electron chi connectivity index (χ3n) is 3.36. The first-order chi connectivity index (χ1) is 12.7. The van der Waals surface area contributed by atoms with Crippen molar-refractivity contribution in [3.05, 3.63) is 77.6 Å². The Morgan fingerprint density at radius 3 is 2.42 bits per heavy atom. The van der Waals surface area contributed by atoms with Crippen molar-refractivity contribution in [3.63, 3.8) is 0 Å². The molecule has 3 rings (SSSR count). The fraction of sp³-hybridized carbons (Fsp3) is 0.105. The summed E-state index contributed by atoms with van der Waals surface area (Å²) in [4.78, 5) is 22.0. The molecule has 132 valence electrons. The zero-order valence-electron chi connectivity index (χ0n) is 13.8. The van der Waals surface area contributed by atoms with Gasteiger partial charge in [-0.25, -0.2) is 9.97 Å². The lowest BCUT2D eigenvalue weighted by Gasteiger charge is -2.08. The predicted molar refractivity (Wildman–Crippen MR) is 107 cm³/mol. The van der Waals surface area contributed by atoms with E-state index in [0.29, 0.717) is 11.6 Å². The van der Waals surface area contributed by atoms with E-state index >= 15 is 0 Å². The average molecular weight is 402 g/mol. The standard InChI is InChI=1S/C19H16ClN3OS2/c20-16-9-5-4-6-14(16)12-23-17(24)13-25-18-19(22-11-10-21-18)26-15-7-2-1-3-8-15/h1-11H,12-13H2,(H,23,24). The number of carbonyl (C=O) groups is 1. The van der Waals surface area contributed by atoms with Gasteiger partial charge in [-0.05, 0) is 23.8 Å². The van der Waals surface area contributed by atoms with Crippen LogP contribution in [0.3, 0.4) is 0 Å². The number of aromatic nitrogens is 2. The topological polar surface area (TPSA) is 54.9 Å². The highest BCUT2D eigenvalue weighted by Gasteiger charge is 2.11. The van der Waals surface area contributed by atoms with Crippen molar-refractivity contribution in [2.75, 3.05) is 5.75 Å². The summed E-state index contributed by atoms with van der Waals surface area (Å²) in [5.74, 6) is 0.196. The molecule has 0 saturated carbocycles. The molecule has 1 heterocycles. The molecule has 0 spiro atoms. The van der Waals surface area contributed by atoms with Gasteiger partial charge >= 0.3 is 0 Å². The van der Waals surface area contributed by atoms with Gasteiger partial charge in [-0.3, -0.25) is 4.79 Å². The van der Waals surface area contributed by atoms with Crippen LogP contribution in [0.5, 0.6) is 0 Å². The Bertz CT molecular complexity index is 877. The highest BCUT2D eigenvalue weighted by molar-refractivity contribution is 8.02. The van der Waals surface area contributed by atoms with Crippen LogP contribution in [0.2, 0.25) is 5.02 Å². The van der Waals surface area contributed by atoms with E-state index in [1.54, 1.807) is 12.4 Å². The number of halogens is 1. The van der Waals surface area contributed by atoms with Crippen LogP contribution in [0.4, 0.5) is 0 Å². The summed E-state index contributed by atoms with van der Waals surface area (Å²) in [7, 11) is 0. The predicted octanol–water partition coefficient (Wildman–Crippen LogP) is 4.69. The summed E-state index contributed by atoms with van der Waals surface area (Å²) in [6.45, 7) is 0.408. The number of amides is 1. The Labute approximate surface area is 165 Å². The zero-order chi connectivity index (χ0) is 18.2. The van der Waals surface area contributed by atoms with E-state index in [2.05, 4.69) is 15.3 Å². The van der Waals surface area contributed by atoms with E-state index in [-0.39, 0.29) is 11.7 Å². The van der Waals surface area contributed by atoms with E-state index in [4.69, 9.17) is 11.6 Å². The maximum absolute atomic E-state index is 12.1. The van der Waals surface area contributed by atoms with Gasteiger partial charge in [-0.15, -0.1) is 0 Å². The van der Waals surface area contributed by atoms with Crippen LogP contribution in [-0.2, 0) is 11.3 Å². The van der Waals surface area contributed by atoms with Gasteiger partial charge in [0.15, 0.2) is 0 Å². The molecule has 0 aliphatic carbocycles. The summed E-state index contributed by atoms with van der Waals surface area (Å²) in [6.07, 6.45) is 3.30. The van der Waals surface area contributed by atoms with Gasteiger partial charge in [0.25, 0.3) is 0 Å². The Kier molecular flexibility index (Phi) is 6.94. The maximum Gasteiger partial charge on any atom is 0.230 e. The average Bonchev–Trinajstić information content (AvgIpc) is 2.67. The quantitative estimate of drug-likeness (QED) is 0.582. The summed E-state index contributed by atoms with van der Waals surface area (Å²) < 4.78 is 0. The molecular formula is C19H16ClN3OS2. The molecule has 0 aliphatic rings. The Morgan fingerprint density at radius 2 is 1.65 bits per heavy atom. The highest BCUT2D eigenvalue weighted by Crippen LogP contribution is 2.32. The molecule has 1 aromatic heterocycles. The zero-order valence-corrected chi connectivity index (χ0v) is 16.2. The van der Waals surface area contributed by atoms with Gasteiger partial charge < -0.3 is 5.32 Å². The number of carbonyl (C=O) groups excluding carboxylic acids is 1. The first-order valence-electron chi connectivity index (χ1n) is 7.89. The first-order valence-corrected chi connectivity index (χ1v) is 10.1. The minimum atomic E-state index is -0.0729. The number of rotatable bonds is 7. The highest BCUT2D eigenvalue weighted by atomic mass is 35.5. The molecule has 2 aromatic carbocycles. The molecule has 0 radical (unpaired) electrons. The first kappa shape index (κ1) is 18.8. The van der Waals surface area contributed by atoms with Crippen LogP contribution in [0.1, 0.15) is 5.56 Å². The monoisotopic (exact) mass is 401 g/mol. The van der Waals surface area contributed by atoms with Crippen molar-refractivity contribution < 1.29 is 4.79 Å². The molecule has 0 aliphatic heterocycles. The Hall–Kier alpha value is -2.02. The van der Waals surface area contributed by atoms with Crippen molar-refractivity contribution in [2.24, 2.45) is 0 Å². The number of hydrogen-bond donors (Lipinski definition) is 1. The Balaban J connectivity index is 1.56. The van der Waals surface area contributed by atoms with E-state index in [0.717, 1.165) is 20.5 Å². The number of nitrogens with zero attached hydrogens (tertiary/aromatic N) is 2. The third kappa shape index (κ3) is 5.49. The van der Waals surface area contributed by atoms with Gasteiger partial charge in [-0.2, -0.15) is 0 Å². The molecule has 7 heteroatoms. The summed E-state index contributed by atoms with van der Waals surface area (Å²) in [5.41, 5.74) is 0.896. The van der Waals surface area contributed by atoms with Crippen molar-refractivity contribution in [2.45, 2.75) is 21.5 Å². The number of hydrogen-bond acceptors (Lipinski definition) is 5. The lowest BCUT2D eigenvalue weighted by atomic mass is 10.2. The molecule has 0 saturated heterocycles. The molecule has 1 N–H and O–H groups in total. The molecule has 1 amide bonds. The van der Waals surface area contributed by atoms with Crippen LogP contribution >= 0.6 is 35.1 Å². The van der Waals surface area contributed by atoms with Crippen LogP contribution < -0.4 is 5.32 Å². The van der Waals surface area contributed by atoms with Crippen LogP contribution in [-0.4, -0.2) is 21.6 Å². The molecule has 0 bridgehead atoms. The summed E-state index contributed by atoms with van der Waals surface area (Å²) in [5, 5.41) is 5.07. The minimum Gasteiger partial charge on any atom is -0.351 e. The normalized spacial score (nSPS) is 10.5. The molecule has 26 heavy (non-hydrogen) atoms. The van der Waals surface area contributed by atoms with Gasteiger partial charge in [0.05, 0.1) is 5.75 Å². The SMILES string of the molecule is O=C(CSc1nccnc1Sc1ccccc1)NCc1ccccc1Cl. The summed E-state index contributed by atoms with van der Waals surface area (Å²) >= 11 is 9.01. The van der Waals surface area contributed by atoms with E-state index in [9.17, 15) is 4.79 Å². The fourth-order valence-corrected chi connectivity index (χ4v) is 4.06. The lowest BCUT2D eigenvalue weighted by Crippen LogP contribution is -2.24. The summed E-state index contributed by atoms with van der Waals surface area (Å²) in [6, 6.07) is 17.4. The number of benzene rings is 2. The van der Waals surface area contributed by atoms with Crippen LogP contribution in [0.15, 0.2) is 81.9 Å². The Morgan fingerprint density at radius 1 is 0.962 bits per heavy atom. The van der Waals surface area contributed by atoms with Crippen LogP contribution in [0.25, 0.3) is 0 Å². The van der Waals surface area contributed by atoms with Gasteiger partial charge in [-0.1, -0.05) is 71.5 Å². The maximum atomic E-state index is 12.1. The second-order valence-corrected chi connectivity index (χ2v) is 7.67. The van der Waals surface area contributed by atoms with E-state index < -0.39 is 0 Å². The third-order valence-corrected chi connectivity index (χ3v) is 5.84. The number of thioether (sulfide) groups is 1. The lowest BCUT2D eigenvalue weighted by molar-refractivity contribution is -0.118. The molecule has 3 aromatic rings. The minimum absolute atomic E-state index is 0.0729. The largest absolute Gasteiger partial charge is 0.351 e. The van der Waals surface area contributed by atoms with Crippen LogP contribution in [0, 0.1) is 0 Å². The molecule has 4 nitrogen and oxygen atoms in total. The second-order valence-electron chi connectivity index (χ2n) is 5.24. The molecular weight excluding hydrogens is 386 g/mol. The van der Waals surface area contributed by atoms with E-state index in [1.807, 2.05) is 54.6 Å². The fourth-order valence-electron chi connectivity index (χ4n) is 2.10. The van der Waals surface area contributed by atoms with E-state index in [1.165, 1.54) is 23.5 Å². The van der Waals surface area contributed by atoms with Gasteiger partial charge in [0.1, 0.15) is 10.1 Å². The molecule has 0 unspecified atom stereocenters. The molecule has 0 fully saturated rings. The van der Waals surface area contributed by atoms with Crippen molar-refractivity contribution in [1.29, 1.82) is 0 Å². The number of nitrogens with one attached hydrogen (secondary N) is 1. The van der Waals surface area contributed by atoms with Gasteiger partial charge in [0, 0.05) is 28.9 Å². The van der Waals surface area contributed by atoms with Crippen molar-refractivity contribution in [3.8, 4) is 0 Å². The molecule has 0 atom stereocenters. The van der Waals surface area contributed by atoms with Gasteiger partial charge in [0.2, 0.25) is 5.91 Å². The smallest absolute Gasteiger partial charge is 0.230 e. The second kappa shape index (κ2) is 9.62. The van der Waals surface area contributed by atoms with Crippen molar-refractivity contribution in [1.82, 2.24) is 15.3 Å². The van der Waals surface area contributed by atoms with Crippen molar-refractivity contribution >= 4 is 41.0 Å².